The number of aliphatic hydroxyl groups is 1. The number of Topliss-reactive ketones (excluding diaryl/α,β-unsaturated/α-hetero) is 1. The zero-order chi connectivity index (χ0) is 27.7. The lowest BCUT2D eigenvalue weighted by atomic mass is 9.94. The molecule has 1 aliphatic heterocycles. The predicted molar refractivity (Wildman–Crippen MR) is 133 cm³/mol. The number of unbranched alkanes of at least 4 members (excludes halogenated alkanes) is 1. The van der Waals surface area contributed by atoms with E-state index >= 15 is 0 Å². The van der Waals surface area contributed by atoms with E-state index in [-0.39, 0.29) is 36.9 Å². The van der Waals surface area contributed by atoms with Crippen LogP contribution in [0.2, 0.25) is 0 Å². The van der Waals surface area contributed by atoms with Crippen molar-refractivity contribution in [2.45, 2.75) is 65.2 Å². The fraction of sp³-hybridized carbons (Fsp3) is 0.519. The molecule has 202 valence electrons. The van der Waals surface area contributed by atoms with Crippen molar-refractivity contribution in [3.05, 3.63) is 41.5 Å². The van der Waals surface area contributed by atoms with E-state index in [2.05, 4.69) is 0 Å². The van der Waals surface area contributed by atoms with Crippen molar-refractivity contribution in [3.8, 4) is 0 Å². The van der Waals surface area contributed by atoms with Gasteiger partial charge in [0.25, 0.3) is 5.91 Å². The Morgan fingerprint density at radius 3 is 2.46 bits per heavy atom. The van der Waals surface area contributed by atoms with Gasteiger partial charge < -0.3 is 19.3 Å². The summed E-state index contributed by atoms with van der Waals surface area (Å²) in [6, 6.07) is 6.39. The topological polar surface area (TPSA) is 137 Å². The second-order valence-electron chi connectivity index (χ2n) is 9.22. The Labute approximate surface area is 216 Å². The molecular formula is C27H35NO9. The monoisotopic (exact) mass is 517 g/mol. The van der Waals surface area contributed by atoms with Crippen molar-refractivity contribution < 1.29 is 43.3 Å². The third kappa shape index (κ3) is 7.80. The zero-order valence-electron chi connectivity index (χ0n) is 21.9. The van der Waals surface area contributed by atoms with E-state index in [1.807, 2.05) is 26.8 Å². The Morgan fingerprint density at radius 1 is 1.19 bits per heavy atom. The summed E-state index contributed by atoms with van der Waals surface area (Å²) in [5, 5.41) is 9.06. The van der Waals surface area contributed by atoms with Crippen molar-refractivity contribution in [2.24, 2.45) is 5.92 Å². The summed E-state index contributed by atoms with van der Waals surface area (Å²) in [5.74, 6) is -3.08. The van der Waals surface area contributed by atoms with Gasteiger partial charge in [0.1, 0.15) is 6.61 Å². The molecule has 0 bridgehead atoms. The summed E-state index contributed by atoms with van der Waals surface area (Å²) in [6.45, 7) is 6.44. The largest absolute Gasteiger partial charge is 0.451 e. The second kappa shape index (κ2) is 13.8. The zero-order valence-corrected chi connectivity index (χ0v) is 21.9. The Morgan fingerprint density at radius 2 is 1.89 bits per heavy atom. The molecule has 1 aromatic carbocycles. The molecule has 0 saturated carbocycles. The number of allylic oxidation sites excluding steroid dienone is 1. The van der Waals surface area contributed by atoms with Crippen LogP contribution in [0.5, 0.6) is 0 Å². The van der Waals surface area contributed by atoms with Crippen LogP contribution in [0, 0.1) is 12.8 Å². The summed E-state index contributed by atoms with van der Waals surface area (Å²) < 4.78 is 15.5. The molecule has 0 radical (unpaired) electrons. The van der Waals surface area contributed by atoms with Gasteiger partial charge in [-0.15, -0.1) is 0 Å². The number of ether oxygens (including phenoxy) is 3. The number of hydrogen-bond donors (Lipinski definition) is 1. The van der Waals surface area contributed by atoms with Crippen molar-refractivity contribution >= 4 is 35.1 Å². The Bertz CT molecular complexity index is 1050. The number of amides is 2. The standard InChI is InChI=1S/C27H35NO9/c1-16(2)21-15-36-27(34)28(21)26(33)25(35-5)24(37-18(4)30)23(32)14-20(22(31)11-6-7-12-29)19-10-8-9-17(3)13-19/h8-10,13-14,16,21,24-25,29H,6-7,11-12,15H2,1-5H3/t21-,24-,25+/m0/s1. The maximum atomic E-state index is 13.5. The highest BCUT2D eigenvalue weighted by Crippen LogP contribution is 2.25. The first-order valence-electron chi connectivity index (χ1n) is 12.2. The van der Waals surface area contributed by atoms with E-state index in [1.165, 1.54) is 0 Å². The van der Waals surface area contributed by atoms with Gasteiger partial charge >= 0.3 is 12.1 Å². The molecule has 1 aromatic rings. The number of esters is 1. The maximum Gasteiger partial charge on any atom is 0.417 e. The molecule has 2 amide bonds. The minimum Gasteiger partial charge on any atom is -0.451 e. The van der Waals surface area contributed by atoms with Crippen LogP contribution in [0.1, 0.15) is 51.2 Å². The number of benzene rings is 1. The summed E-state index contributed by atoms with van der Waals surface area (Å²) in [7, 11) is 1.16. The number of nitrogens with zero attached hydrogens (tertiary/aromatic N) is 1. The highest BCUT2D eigenvalue weighted by atomic mass is 16.6. The van der Waals surface area contributed by atoms with Gasteiger partial charge in [0, 0.05) is 32.6 Å². The van der Waals surface area contributed by atoms with Gasteiger partial charge in [-0.3, -0.25) is 19.2 Å². The quantitative estimate of drug-likeness (QED) is 0.238. The van der Waals surface area contributed by atoms with E-state index in [9.17, 15) is 24.0 Å². The lowest BCUT2D eigenvalue weighted by Crippen LogP contribution is -2.53. The minimum atomic E-state index is -1.75. The molecular weight excluding hydrogens is 482 g/mol. The molecule has 1 fully saturated rings. The first kappa shape index (κ1) is 29.9. The van der Waals surface area contributed by atoms with Crippen molar-refractivity contribution in [1.82, 2.24) is 4.90 Å². The van der Waals surface area contributed by atoms with Crippen LogP contribution in [0.15, 0.2) is 30.3 Å². The molecule has 0 spiro atoms. The number of methoxy groups -OCH3 is 1. The number of hydrogen-bond acceptors (Lipinski definition) is 9. The van der Waals surface area contributed by atoms with Crippen LogP contribution in [0.4, 0.5) is 4.79 Å². The molecule has 1 aliphatic rings. The lowest BCUT2D eigenvalue weighted by Gasteiger charge is -2.29. The van der Waals surface area contributed by atoms with Gasteiger partial charge in [0.2, 0.25) is 0 Å². The molecule has 3 atom stereocenters. The van der Waals surface area contributed by atoms with E-state index in [4.69, 9.17) is 19.3 Å². The number of cyclic esters (lactones) is 1. The highest BCUT2D eigenvalue weighted by molar-refractivity contribution is 6.25. The highest BCUT2D eigenvalue weighted by Gasteiger charge is 2.46. The Balaban J connectivity index is 2.49. The van der Waals surface area contributed by atoms with Crippen LogP contribution < -0.4 is 0 Å². The molecule has 37 heavy (non-hydrogen) atoms. The number of aliphatic hydroxyl groups excluding tert-OH is 1. The van der Waals surface area contributed by atoms with E-state index in [0.717, 1.165) is 30.6 Å². The summed E-state index contributed by atoms with van der Waals surface area (Å²) in [5.41, 5.74) is 1.41. The van der Waals surface area contributed by atoms with Gasteiger partial charge in [0.05, 0.1) is 6.04 Å². The third-order valence-corrected chi connectivity index (χ3v) is 5.99. The van der Waals surface area contributed by atoms with E-state index in [0.29, 0.717) is 18.4 Å². The van der Waals surface area contributed by atoms with Gasteiger partial charge in [-0.2, -0.15) is 0 Å². The number of carbonyl (C=O) groups is 5. The molecule has 0 aliphatic carbocycles. The maximum absolute atomic E-state index is 13.5. The average molecular weight is 518 g/mol. The van der Waals surface area contributed by atoms with E-state index < -0.39 is 42.0 Å². The molecule has 0 aromatic heterocycles. The van der Waals surface area contributed by atoms with Crippen molar-refractivity contribution in [3.63, 3.8) is 0 Å². The van der Waals surface area contributed by atoms with Crippen LogP contribution in [-0.2, 0) is 33.4 Å². The SMILES string of the molecule is CO[C@@H](C(=O)N1C(=O)OC[C@H]1C(C)C)[C@@H](OC(C)=O)C(=O)C=C(C(=O)CCCCO)c1cccc(C)c1. The van der Waals surface area contributed by atoms with Gasteiger partial charge in [-0.25, -0.2) is 9.69 Å². The number of rotatable bonds is 13. The molecule has 1 N–H and O–H groups in total. The number of ketones is 2. The molecule has 2 rings (SSSR count). The third-order valence-electron chi connectivity index (χ3n) is 5.99. The Hall–Kier alpha value is -3.37. The molecule has 10 nitrogen and oxygen atoms in total. The summed E-state index contributed by atoms with van der Waals surface area (Å²) in [6.07, 6.45) is -2.33. The van der Waals surface area contributed by atoms with Crippen LogP contribution >= 0.6 is 0 Å². The first-order chi connectivity index (χ1) is 17.5. The Kier molecular flexibility index (Phi) is 11.1. The summed E-state index contributed by atoms with van der Waals surface area (Å²) >= 11 is 0. The number of imide groups is 1. The van der Waals surface area contributed by atoms with Gasteiger partial charge in [-0.1, -0.05) is 43.7 Å². The fourth-order valence-electron chi connectivity index (χ4n) is 4.01. The van der Waals surface area contributed by atoms with Crippen molar-refractivity contribution in [1.29, 1.82) is 0 Å². The molecule has 1 heterocycles. The predicted octanol–water partition coefficient (Wildman–Crippen LogP) is 2.63. The summed E-state index contributed by atoms with van der Waals surface area (Å²) in [4.78, 5) is 65.1. The number of carbonyl (C=O) groups excluding carboxylic acids is 5. The molecule has 0 unspecified atom stereocenters. The first-order valence-corrected chi connectivity index (χ1v) is 12.2. The van der Waals surface area contributed by atoms with Crippen LogP contribution in [-0.4, -0.2) is 78.1 Å². The van der Waals surface area contributed by atoms with Gasteiger partial charge in [0.15, 0.2) is 23.8 Å². The normalized spacial score (nSPS) is 17.4. The average Bonchev–Trinajstić information content (AvgIpc) is 3.23. The molecule has 1 saturated heterocycles. The smallest absolute Gasteiger partial charge is 0.417 e. The van der Waals surface area contributed by atoms with Gasteiger partial charge in [-0.05, 0) is 37.3 Å². The molecule has 10 heteroatoms. The van der Waals surface area contributed by atoms with Crippen LogP contribution in [0.25, 0.3) is 5.57 Å². The minimum absolute atomic E-state index is 0.00932. The van der Waals surface area contributed by atoms with Crippen molar-refractivity contribution in [2.75, 3.05) is 20.3 Å². The van der Waals surface area contributed by atoms with E-state index in [1.54, 1.807) is 18.2 Å². The number of aryl methyl sites for hydroxylation is 1. The lowest BCUT2D eigenvalue weighted by molar-refractivity contribution is -0.166. The second-order valence-corrected chi connectivity index (χ2v) is 9.22. The fourth-order valence-corrected chi connectivity index (χ4v) is 4.01. The van der Waals surface area contributed by atoms with Crippen LogP contribution in [0.3, 0.4) is 0 Å².